The molecule has 14 heavy (non-hydrogen) atoms. The highest BCUT2D eigenvalue weighted by Crippen LogP contribution is 2.30. The third-order valence-electron chi connectivity index (χ3n) is 2.40. The van der Waals surface area contributed by atoms with Gasteiger partial charge in [-0.05, 0) is 36.5 Å². The molecule has 2 nitrogen and oxygen atoms in total. The zero-order valence-electron chi connectivity index (χ0n) is 8.00. The molecule has 0 saturated heterocycles. The van der Waals surface area contributed by atoms with E-state index in [9.17, 15) is 4.39 Å². The van der Waals surface area contributed by atoms with Crippen molar-refractivity contribution in [1.29, 1.82) is 0 Å². The summed E-state index contributed by atoms with van der Waals surface area (Å²) in [6.45, 7) is 1.05. The van der Waals surface area contributed by atoms with Gasteiger partial charge in [-0.2, -0.15) is 0 Å². The van der Waals surface area contributed by atoms with E-state index in [4.69, 9.17) is 10.5 Å². The summed E-state index contributed by atoms with van der Waals surface area (Å²) in [7, 11) is 0. The van der Waals surface area contributed by atoms with Crippen LogP contribution in [0.25, 0.3) is 0 Å². The topological polar surface area (TPSA) is 35.2 Å². The Morgan fingerprint density at radius 1 is 1.43 bits per heavy atom. The smallest absolute Gasteiger partial charge is 0.165 e. The van der Waals surface area contributed by atoms with Gasteiger partial charge in [0.05, 0.1) is 6.61 Å². The average Bonchev–Trinajstić information content (AvgIpc) is 3.00. The van der Waals surface area contributed by atoms with Crippen molar-refractivity contribution in [1.82, 2.24) is 0 Å². The summed E-state index contributed by atoms with van der Waals surface area (Å²) in [5, 5.41) is 0. The van der Waals surface area contributed by atoms with Crippen molar-refractivity contribution < 1.29 is 9.13 Å². The minimum atomic E-state index is -0.303. The van der Waals surface area contributed by atoms with Gasteiger partial charge in [0, 0.05) is 6.54 Å². The Morgan fingerprint density at radius 3 is 2.86 bits per heavy atom. The predicted molar refractivity (Wildman–Crippen MR) is 52.5 cm³/mol. The molecule has 0 radical (unpaired) electrons. The minimum Gasteiger partial charge on any atom is -0.490 e. The first kappa shape index (κ1) is 9.46. The van der Waals surface area contributed by atoms with Gasteiger partial charge in [0.2, 0.25) is 0 Å². The van der Waals surface area contributed by atoms with Crippen LogP contribution in [0.1, 0.15) is 18.4 Å². The lowest BCUT2D eigenvalue weighted by Crippen LogP contribution is -2.03. The van der Waals surface area contributed by atoms with E-state index in [0.29, 0.717) is 24.8 Å². The Kier molecular flexibility index (Phi) is 2.68. The molecule has 1 aliphatic rings. The molecule has 2 rings (SSSR count). The van der Waals surface area contributed by atoms with Crippen LogP contribution in [0.5, 0.6) is 5.75 Å². The van der Waals surface area contributed by atoms with Gasteiger partial charge in [0.25, 0.3) is 0 Å². The highest BCUT2D eigenvalue weighted by Gasteiger charge is 2.22. The lowest BCUT2D eigenvalue weighted by atomic mass is 10.2. The van der Waals surface area contributed by atoms with E-state index in [2.05, 4.69) is 0 Å². The molecule has 0 amide bonds. The van der Waals surface area contributed by atoms with E-state index in [0.717, 1.165) is 5.56 Å². The van der Waals surface area contributed by atoms with Gasteiger partial charge >= 0.3 is 0 Å². The Balaban J connectivity index is 2.04. The number of nitrogens with two attached hydrogens (primary N) is 1. The second kappa shape index (κ2) is 3.96. The van der Waals surface area contributed by atoms with Crippen molar-refractivity contribution in [2.24, 2.45) is 11.7 Å². The molecule has 1 aromatic rings. The van der Waals surface area contributed by atoms with Crippen LogP contribution in [0.3, 0.4) is 0 Å². The van der Waals surface area contributed by atoms with Crippen molar-refractivity contribution in [3.05, 3.63) is 29.6 Å². The average molecular weight is 195 g/mol. The fraction of sp³-hybridized carbons (Fsp3) is 0.455. The highest BCUT2D eigenvalue weighted by molar-refractivity contribution is 5.30. The summed E-state index contributed by atoms with van der Waals surface area (Å²) in [5.41, 5.74) is 6.36. The number of rotatable bonds is 4. The fourth-order valence-corrected chi connectivity index (χ4v) is 1.28. The molecule has 0 spiro atoms. The minimum absolute atomic E-state index is 0.303. The molecule has 2 N–H and O–H groups in total. The summed E-state index contributed by atoms with van der Waals surface area (Å²) in [4.78, 5) is 0. The number of halogens is 1. The van der Waals surface area contributed by atoms with Crippen molar-refractivity contribution in [2.45, 2.75) is 19.4 Å². The Morgan fingerprint density at radius 2 is 2.21 bits per heavy atom. The maximum absolute atomic E-state index is 13.2. The highest BCUT2D eigenvalue weighted by atomic mass is 19.1. The Bertz CT molecular complexity index is 323. The monoisotopic (exact) mass is 195 g/mol. The number of ether oxygens (including phenoxy) is 1. The molecule has 1 aliphatic carbocycles. The first-order valence-electron chi connectivity index (χ1n) is 4.91. The maximum atomic E-state index is 13.2. The van der Waals surface area contributed by atoms with Gasteiger partial charge < -0.3 is 10.5 Å². The van der Waals surface area contributed by atoms with Crippen LogP contribution in [0.4, 0.5) is 4.39 Å². The Labute approximate surface area is 82.9 Å². The molecule has 1 fully saturated rings. The number of benzene rings is 1. The van der Waals surface area contributed by atoms with E-state index in [-0.39, 0.29) is 5.82 Å². The standard InChI is InChI=1S/C11H14FNO/c12-10-4-3-9(6-13)5-11(10)14-7-8-1-2-8/h3-5,8H,1-2,6-7,13H2. The molecule has 1 saturated carbocycles. The zero-order chi connectivity index (χ0) is 9.97. The molecular formula is C11H14FNO. The molecule has 0 atom stereocenters. The summed E-state index contributed by atoms with van der Waals surface area (Å²) in [5.74, 6) is 0.665. The first-order valence-corrected chi connectivity index (χ1v) is 4.91. The van der Waals surface area contributed by atoms with Crippen LogP contribution in [-0.4, -0.2) is 6.61 Å². The van der Waals surface area contributed by atoms with Crippen LogP contribution in [0.15, 0.2) is 18.2 Å². The SMILES string of the molecule is NCc1ccc(F)c(OCC2CC2)c1. The van der Waals surface area contributed by atoms with Crippen LogP contribution >= 0.6 is 0 Å². The van der Waals surface area contributed by atoms with Gasteiger partial charge in [-0.15, -0.1) is 0 Å². The van der Waals surface area contributed by atoms with Crippen LogP contribution < -0.4 is 10.5 Å². The van der Waals surface area contributed by atoms with E-state index in [1.807, 2.05) is 0 Å². The summed E-state index contributed by atoms with van der Waals surface area (Å²) in [6, 6.07) is 4.77. The first-order chi connectivity index (χ1) is 6.79. The third kappa shape index (κ3) is 2.23. The van der Waals surface area contributed by atoms with Gasteiger partial charge in [-0.3, -0.25) is 0 Å². The lowest BCUT2D eigenvalue weighted by Gasteiger charge is -2.07. The molecular weight excluding hydrogens is 181 g/mol. The molecule has 0 aliphatic heterocycles. The van der Waals surface area contributed by atoms with E-state index < -0.39 is 0 Å². The van der Waals surface area contributed by atoms with Crippen molar-refractivity contribution in [2.75, 3.05) is 6.61 Å². The number of hydrogen-bond donors (Lipinski definition) is 1. The van der Waals surface area contributed by atoms with E-state index in [1.165, 1.54) is 18.9 Å². The maximum Gasteiger partial charge on any atom is 0.165 e. The number of hydrogen-bond acceptors (Lipinski definition) is 2. The van der Waals surface area contributed by atoms with Crippen molar-refractivity contribution in [3.63, 3.8) is 0 Å². The van der Waals surface area contributed by atoms with E-state index in [1.54, 1.807) is 12.1 Å². The lowest BCUT2D eigenvalue weighted by molar-refractivity contribution is 0.285. The largest absolute Gasteiger partial charge is 0.490 e. The van der Waals surface area contributed by atoms with Crippen LogP contribution in [-0.2, 0) is 6.54 Å². The van der Waals surface area contributed by atoms with E-state index >= 15 is 0 Å². The molecule has 0 unspecified atom stereocenters. The van der Waals surface area contributed by atoms with Crippen molar-refractivity contribution in [3.8, 4) is 5.75 Å². The van der Waals surface area contributed by atoms with Crippen LogP contribution in [0, 0.1) is 11.7 Å². The molecule has 0 aromatic heterocycles. The molecule has 3 heteroatoms. The molecule has 0 bridgehead atoms. The zero-order valence-corrected chi connectivity index (χ0v) is 8.00. The summed E-state index contributed by atoms with van der Waals surface area (Å²) < 4.78 is 18.6. The molecule has 76 valence electrons. The van der Waals surface area contributed by atoms with Gasteiger partial charge in [0.1, 0.15) is 0 Å². The Hall–Kier alpha value is -1.09. The molecule has 0 heterocycles. The van der Waals surface area contributed by atoms with Gasteiger partial charge in [-0.25, -0.2) is 4.39 Å². The normalized spacial score (nSPS) is 15.6. The quantitative estimate of drug-likeness (QED) is 0.798. The van der Waals surface area contributed by atoms with Crippen molar-refractivity contribution >= 4 is 0 Å². The second-order valence-corrected chi connectivity index (χ2v) is 3.72. The van der Waals surface area contributed by atoms with Crippen LogP contribution in [0.2, 0.25) is 0 Å². The summed E-state index contributed by atoms with van der Waals surface area (Å²) in [6.07, 6.45) is 2.41. The van der Waals surface area contributed by atoms with Gasteiger partial charge in [-0.1, -0.05) is 6.07 Å². The molecule has 1 aromatic carbocycles. The predicted octanol–water partition coefficient (Wildman–Crippen LogP) is 2.07. The summed E-state index contributed by atoms with van der Waals surface area (Å²) >= 11 is 0. The second-order valence-electron chi connectivity index (χ2n) is 3.72. The van der Waals surface area contributed by atoms with Gasteiger partial charge in [0.15, 0.2) is 11.6 Å². The fourth-order valence-electron chi connectivity index (χ4n) is 1.28. The third-order valence-corrected chi connectivity index (χ3v) is 2.40.